The molecule has 2 rings (SSSR count). The smallest absolute Gasteiger partial charge is 0.135 e. The van der Waals surface area contributed by atoms with E-state index in [0.29, 0.717) is 0 Å². The maximum Gasteiger partial charge on any atom is 0.135 e. The Labute approximate surface area is 135 Å². The molecule has 0 spiro atoms. The Hall–Kier alpha value is -1.48. The van der Waals surface area contributed by atoms with E-state index >= 15 is 0 Å². The summed E-state index contributed by atoms with van der Waals surface area (Å²) in [7, 11) is 1.68. The van der Waals surface area contributed by atoms with Gasteiger partial charge in [0.2, 0.25) is 0 Å². The van der Waals surface area contributed by atoms with Gasteiger partial charge in [0.1, 0.15) is 5.75 Å². The minimum absolute atomic E-state index is 0.247. The van der Waals surface area contributed by atoms with Crippen molar-refractivity contribution in [1.82, 2.24) is 0 Å². The first-order chi connectivity index (χ1) is 9.92. The van der Waals surface area contributed by atoms with E-state index < -0.39 is 0 Å². The number of aryl methyl sites for hydroxylation is 3. The molecule has 0 amide bonds. The second-order valence-electron chi connectivity index (χ2n) is 5.53. The zero-order chi connectivity index (χ0) is 15.6. The molecule has 3 heteroatoms. The summed E-state index contributed by atoms with van der Waals surface area (Å²) < 4.78 is 6.31. The molecule has 0 saturated heterocycles. The topological polar surface area (TPSA) is 21.3 Å². The van der Waals surface area contributed by atoms with Crippen molar-refractivity contribution in [3.8, 4) is 5.75 Å². The Balaban J connectivity index is 2.28. The number of anilines is 1. The molecule has 0 bridgehead atoms. The minimum Gasteiger partial charge on any atom is -0.495 e. The maximum absolute atomic E-state index is 5.35. The predicted molar refractivity (Wildman–Crippen MR) is 93.4 cm³/mol. The molecule has 0 heterocycles. The van der Waals surface area contributed by atoms with Crippen LogP contribution in [-0.4, -0.2) is 7.11 Å². The second kappa shape index (κ2) is 6.52. The van der Waals surface area contributed by atoms with E-state index in [1.807, 2.05) is 12.1 Å². The fourth-order valence-electron chi connectivity index (χ4n) is 2.95. The lowest BCUT2D eigenvalue weighted by molar-refractivity contribution is 0.412. The fraction of sp³-hybridized carbons (Fsp3) is 0.333. The Bertz CT molecular complexity index is 629. The van der Waals surface area contributed by atoms with Crippen molar-refractivity contribution in [2.24, 2.45) is 0 Å². The van der Waals surface area contributed by atoms with Crippen LogP contribution < -0.4 is 10.1 Å². The summed E-state index contributed by atoms with van der Waals surface area (Å²) in [4.78, 5) is 0. The Kier molecular flexibility index (Phi) is 4.94. The van der Waals surface area contributed by atoms with Crippen molar-refractivity contribution >= 4 is 21.6 Å². The van der Waals surface area contributed by atoms with Crippen LogP contribution in [0.1, 0.15) is 35.2 Å². The number of rotatable bonds is 4. The Morgan fingerprint density at radius 3 is 2.24 bits per heavy atom. The van der Waals surface area contributed by atoms with Crippen molar-refractivity contribution in [3.63, 3.8) is 0 Å². The highest BCUT2D eigenvalue weighted by atomic mass is 79.9. The van der Waals surface area contributed by atoms with Gasteiger partial charge in [-0.05, 0) is 72.4 Å². The average molecular weight is 348 g/mol. The zero-order valence-corrected chi connectivity index (χ0v) is 14.8. The number of methoxy groups -OCH3 is 1. The number of nitrogens with one attached hydrogen (secondary N) is 1. The third-order valence-corrected chi connectivity index (χ3v) is 4.36. The van der Waals surface area contributed by atoms with Gasteiger partial charge in [-0.3, -0.25) is 0 Å². The number of ether oxygens (including phenoxy) is 1. The van der Waals surface area contributed by atoms with Crippen LogP contribution in [-0.2, 0) is 0 Å². The molecule has 1 atom stereocenters. The van der Waals surface area contributed by atoms with E-state index in [0.717, 1.165) is 15.9 Å². The number of halogens is 1. The zero-order valence-electron chi connectivity index (χ0n) is 13.3. The number of benzene rings is 2. The third kappa shape index (κ3) is 3.59. The highest BCUT2D eigenvalue weighted by Gasteiger charge is 2.12. The average Bonchev–Trinajstić information content (AvgIpc) is 2.39. The molecule has 2 aromatic rings. The van der Waals surface area contributed by atoms with Gasteiger partial charge < -0.3 is 10.1 Å². The molecule has 0 aliphatic carbocycles. The summed E-state index contributed by atoms with van der Waals surface area (Å²) in [6, 6.07) is 10.8. The van der Waals surface area contributed by atoms with Crippen LogP contribution in [0.4, 0.5) is 5.69 Å². The molecule has 1 N–H and O–H groups in total. The van der Waals surface area contributed by atoms with Crippen molar-refractivity contribution in [2.45, 2.75) is 33.7 Å². The van der Waals surface area contributed by atoms with Gasteiger partial charge in [0.25, 0.3) is 0 Å². The molecule has 0 aliphatic rings. The van der Waals surface area contributed by atoms with Crippen molar-refractivity contribution in [1.29, 1.82) is 0 Å². The Morgan fingerprint density at radius 1 is 1.05 bits per heavy atom. The van der Waals surface area contributed by atoms with Gasteiger partial charge >= 0.3 is 0 Å². The molecule has 21 heavy (non-hydrogen) atoms. The molecule has 0 radical (unpaired) electrons. The van der Waals surface area contributed by atoms with Crippen LogP contribution in [0.3, 0.4) is 0 Å². The summed E-state index contributed by atoms with van der Waals surface area (Å²) in [6.07, 6.45) is 0. The normalized spacial score (nSPS) is 12.1. The lowest BCUT2D eigenvalue weighted by Gasteiger charge is -2.21. The largest absolute Gasteiger partial charge is 0.495 e. The van der Waals surface area contributed by atoms with Gasteiger partial charge in [-0.1, -0.05) is 17.7 Å². The van der Waals surface area contributed by atoms with Gasteiger partial charge in [0.05, 0.1) is 11.6 Å². The molecule has 2 aromatic carbocycles. The van der Waals surface area contributed by atoms with Crippen LogP contribution >= 0.6 is 15.9 Å². The first kappa shape index (κ1) is 15.9. The van der Waals surface area contributed by atoms with Gasteiger partial charge in [0.15, 0.2) is 0 Å². The monoisotopic (exact) mass is 347 g/mol. The lowest BCUT2D eigenvalue weighted by atomic mass is 9.95. The summed E-state index contributed by atoms with van der Waals surface area (Å²) in [5.74, 6) is 0.838. The first-order valence-electron chi connectivity index (χ1n) is 7.10. The highest BCUT2D eigenvalue weighted by Crippen LogP contribution is 2.31. The molecular weight excluding hydrogens is 326 g/mol. The van der Waals surface area contributed by atoms with E-state index in [4.69, 9.17) is 4.74 Å². The fourth-order valence-corrected chi connectivity index (χ4v) is 3.35. The van der Waals surface area contributed by atoms with Gasteiger partial charge in [-0.15, -0.1) is 0 Å². The van der Waals surface area contributed by atoms with E-state index in [2.05, 4.69) is 67.1 Å². The van der Waals surface area contributed by atoms with Crippen LogP contribution in [0.5, 0.6) is 5.75 Å². The maximum atomic E-state index is 5.35. The molecule has 0 saturated carbocycles. The SMILES string of the molecule is COc1cc(NC(C)c2c(C)cc(C)cc2C)ccc1Br. The number of hydrogen-bond acceptors (Lipinski definition) is 2. The molecular formula is C18H22BrNO. The van der Waals surface area contributed by atoms with Crippen molar-refractivity contribution in [2.75, 3.05) is 12.4 Å². The third-order valence-electron chi connectivity index (χ3n) is 3.71. The second-order valence-corrected chi connectivity index (χ2v) is 6.38. The molecule has 0 fully saturated rings. The summed E-state index contributed by atoms with van der Waals surface area (Å²) >= 11 is 3.48. The van der Waals surface area contributed by atoms with Crippen LogP contribution in [0, 0.1) is 20.8 Å². The first-order valence-corrected chi connectivity index (χ1v) is 7.89. The number of hydrogen-bond donors (Lipinski definition) is 1. The van der Waals surface area contributed by atoms with Gasteiger partial charge in [-0.25, -0.2) is 0 Å². The molecule has 1 unspecified atom stereocenters. The van der Waals surface area contributed by atoms with E-state index in [1.54, 1.807) is 7.11 Å². The van der Waals surface area contributed by atoms with E-state index in [9.17, 15) is 0 Å². The quantitative estimate of drug-likeness (QED) is 0.781. The molecule has 0 aliphatic heterocycles. The van der Waals surface area contributed by atoms with Crippen molar-refractivity contribution in [3.05, 3.63) is 57.1 Å². The van der Waals surface area contributed by atoms with Crippen molar-refractivity contribution < 1.29 is 4.74 Å². The van der Waals surface area contributed by atoms with E-state index in [-0.39, 0.29) is 6.04 Å². The van der Waals surface area contributed by atoms with Gasteiger partial charge in [-0.2, -0.15) is 0 Å². The molecule has 112 valence electrons. The Morgan fingerprint density at radius 2 is 1.67 bits per heavy atom. The van der Waals surface area contributed by atoms with Crippen LogP contribution in [0.25, 0.3) is 0 Å². The van der Waals surface area contributed by atoms with E-state index in [1.165, 1.54) is 22.3 Å². The standard InChI is InChI=1S/C18H22BrNO/c1-11-8-12(2)18(13(3)9-11)14(4)20-15-6-7-16(19)17(10-15)21-5/h6-10,14,20H,1-5H3. The van der Waals surface area contributed by atoms with Gasteiger partial charge in [0, 0.05) is 17.8 Å². The van der Waals surface area contributed by atoms with Crippen LogP contribution in [0.2, 0.25) is 0 Å². The minimum atomic E-state index is 0.247. The summed E-state index contributed by atoms with van der Waals surface area (Å²) in [5, 5.41) is 3.56. The molecule has 2 nitrogen and oxygen atoms in total. The van der Waals surface area contributed by atoms with Crippen LogP contribution in [0.15, 0.2) is 34.8 Å². The lowest BCUT2D eigenvalue weighted by Crippen LogP contribution is -2.10. The molecule has 0 aromatic heterocycles. The predicted octanol–water partition coefficient (Wildman–Crippen LogP) is 5.56. The summed E-state index contributed by atoms with van der Waals surface area (Å²) in [6.45, 7) is 8.69. The summed E-state index contributed by atoms with van der Waals surface area (Å²) in [5.41, 5.74) is 6.39. The highest BCUT2D eigenvalue weighted by molar-refractivity contribution is 9.10.